The summed E-state index contributed by atoms with van der Waals surface area (Å²) < 4.78 is 0. The van der Waals surface area contributed by atoms with Gasteiger partial charge >= 0.3 is 0 Å². The van der Waals surface area contributed by atoms with Crippen molar-refractivity contribution in [3.63, 3.8) is 0 Å². The van der Waals surface area contributed by atoms with Crippen LogP contribution in [0.25, 0.3) is 0 Å². The summed E-state index contributed by atoms with van der Waals surface area (Å²) in [6.45, 7) is 3.67. The molecule has 0 spiro atoms. The Kier molecular flexibility index (Phi) is 8.74. The summed E-state index contributed by atoms with van der Waals surface area (Å²) in [5, 5.41) is 17.1. The molecule has 0 saturated carbocycles. The van der Waals surface area contributed by atoms with E-state index in [-0.39, 0.29) is 13.2 Å². The van der Waals surface area contributed by atoms with Crippen LogP contribution in [0.2, 0.25) is 0 Å². The molecule has 84 valence electrons. The molecule has 0 heterocycles. The van der Waals surface area contributed by atoms with Crippen molar-refractivity contribution < 1.29 is 10.2 Å². The predicted octanol–water partition coefficient (Wildman–Crippen LogP) is 1.40. The van der Waals surface area contributed by atoms with E-state index in [0.29, 0.717) is 0 Å². The largest absolute Gasteiger partial charge is 0.384 e. The minimum atomic E-state index is -0.165. The van der Waals surface area contributed by atoms with Gasteiger partial charge in [0.1, 0.15) is 13.2 Å². The van der Waals surface area contributed by atoms with Crippen molar-refractivity contribution in [2.75, 3.05) is 13.2 Å². The highest BCUT2D eigenvalue weighted by atomic mass is 16.3. The molecule has 0 unspecified atom stereocenters. The Balaban J connectivity index is 0.00000106. The first-order valence-corrected chi connectivity index (χ1v) is 5.17. The lowest BCUT2D eigenvalue weighted by atomic mass is 10.1. The molecule has 16 heavy (non-hydrogen) atoms. The Bertz CT molecular complexity index is 373. The summed E-state index contributed by atoms with van der Waals surface area (Å²) in [4.78, 5) is 0. The third kappa shape index (κ3) is 5.22. The van der Waals surface area contributed by atoms with E-state index in [1.807, 2.05) is 38.1 Å². The Morgan fingerprint density at radius 3 is 1.56 bits per heavy atom. The maximum Gasteiger partial charge on any atom is 0.104 e. The Hall–Kier alpha value is -1.74. The van der Waals surface area contributed by atoms with Gasteiger partial charge in [-0.1, -0.05) is 49.7 Å². The van der Waals surface area contributed by atoms with Gasteiger partial charge in [-0.05, 0) is 12.1 Å². The summed E-state index contributed by atoms with van der Waals surface area (Å²) >= 11 is 0. The van der Waals surface area contributed by atoms with Crippen molar-refractivity contribution >= 4 is 0 Å². The van der Waals surface area contributed by atoms with Crippen LogP contribution in [0.1, 0.15) is 25.0 Å². The molecule has 1 rings (SSSR count). The number of hydrogen-bond donors (Lipinski definition) is 2. The van der Waals surface area contributed by atoms with E-state index in [0.717, 1.165) is 11.1 Å². The molecule has 0 aliphatic rings. The van der Waals surface area contributed by atoms with E-state index in [9.17, 15) is 0 Å². The minimum Gasteiger partial charge on any atom is -0.384 e. The number of rotatable bonds is 0. The number of benzene rings is 1. The molecule has 0 fully saturated rings. The molecule has 0 saturated heterocycles. The van der Waals surface area contributed by atoms with Gasteiger partial charge < -0.3 is 10.2 Å². The van der Waals surface area contributed by atoms with Crippen LogP contribution in [-0.2, 0) is 0 Å². The van der Waals surface area contributed by atoms with Crippen molar-refractivity contribution in [1.29, 1.82) is 0 Å². The first kappa shape index (κ1) is 14.3. The van der Waals surface area contributed by atoms with Crippen molar-refractivity contribution in [2.24, 2.45) is 0 Å². The maximum absolute atomic E-state index is 8.54. The fourth-order valence-corrected chi connectivity index (χ4v) is 0.971. The van der Waals surface area contributed by atoms with Gasteiger partial charge in [-0.15, -0.1) is 0 Å². The van der Waals surface area contributed by atoms with Gasteiger partial charge in [-0.25, -0.2) is 0 Å². The van der Waals surface area contributed by atoms with Crippen molar-refractivity contribution in [1.82, 2.24) is 0 Å². The molecule has 0 atom stereocenters. The summed E-state index contributed by atoms with van der Waals surface area (Å²) in [6, 6.07) is 7.35. The molecular formula is C14H16O2. The first-order valence-electron chi connectivity index (χ1n) is 5.17. The molecule has 2 N–H and O–H groups in total. The Morgan fingerprint density at radius 1 is 0.875 bits per heavy atom. The second-order valence-corrected chi connectivity index (χ2v) is 2.47. The Labute approximate surface area is 96.9 Å². The molecule has 0 radical (unpaired) electrons. The molecule has 0 bridgehead atoms. The van der Waals surface area contributed by atoms with E-state index < -0.39 is 0 Å². The van der Waals surface area contributed by atoms with Crippen LogP contribution in [-0.4, -0.2) is 23.4 Å². The smallest absolute Gasteiger partial charge is 0.104 e. The lowest BCUT2D eigenvalue weighted by Gasteiger charge is -1.94. The van der Waals surface area contributed by atoms with E-state index in [4.69, 9.17) is 10.2 Å². The third-order valence-corrected chi connectivity index (χ3v) is 1.53. The van der Waals surface area contributed by atoms with Crippen LogP contribution in [0.4, 0.5) is 0 Å². The zero-order valence-electron chi connectivity index (χ0n) is 9.62. The second-order valence-electron chi connectivity index (χ2n) is 2.47. The van der Waals surface area contributed by atoms with Gasteiger partial charge in [0.2, 0.25) is 0 Å². The zero-order valence-corrected chi connectivity index (χ0v) is 9.62. The van der Waals surface area contributed by atoms with E-state index in [1.54, 1.807) is 0 Å². The van der Waals surface area contributed by atoms with Gasteiger partial charge in [0.15, 0.2) is 0 Å². The summed E-state index contributed by atoms with van der Waals surface area (Å²) in [5.41, 5.74) is 1.53. The topological polar surface area (TPSA) is 40.5 Å². The summed E-state index contributed by atoms with van der Waals surface area (Å²) in [6.07, 6.45) is 0. The van der Waals surface area contributed by atoms with Crippen LogP contribution in [0.3, 0.4) is 0 Å². The van der Waals surface area contributed by atoms with Crippen molar-refractivity contribution in [3.8, 4) is 23.7 Å². The lowest BCUT2D eigenvalue weighted by Crippen LogP contribution is -1.84. The van der Waals surface area contributed by atoms with Crippen molar-refractivity contribution in [2.45, 2.75) is 13.8 Å². The zero-order chi connectivity index (χ0) is 12.2. The van der Waals surface area contributed by atoms with Crippen LogP contribution in [0.5, 0.6) is 0 Å². The van der Waals surface area contributed by atoms with Gasteiger partial charge in [-0.2, -0.15) is 0 Å². The average molecular weight is 216 g/mol. The van der Waals surface area contributed by atoms with Crippen molar-refractivity contribution in [3.05, 3.63) is 35.4 Å². The quantitative estimate of drug-likeness (QED) is 0.644. The van der Waals surface area contributed by atoms with E-state index in [1.165, 1.54) is 0 Å². The monoisotopic (exact) mass is 216 g/mol. The SMILES string of the molecule is CC.OCC#Cc1ccccc1C#CCO. The van der Waals surface area contributed by atoms with Crippen LogP contribution < -0.4 is 0 Å². The summed E-state index contributed by atoms with van der Waals surface area (Å²) in [7, 11) is 0. The number of hydrogen-bond acceptors (Lipinski definition) is 2. The molecule has 1 aromatic rings. The average Bonchev–Trinajstić information content (AvgIpc) is 2.37. The fourth-order valence-electron chi connectivity index (χ4n) is 0.971. The number of aliphatic hydroxyl groups excluding tert-OH is 2. The molecule has 0 amide bonds. The van der Waals surface area contributed by atoms with Gasteiger partial charge in [0.25, 0.3) is 0 Å². The molecule has 0 aromatic heterocycles. The fraction of sp³-hybridized carbons (Fsp3) is 0.286. The minimum absolute atomic E-state index is 0.165. The van der Waals surface area contributed by atoms with Crippen LogP contribution in [0, 0.1) is 23.7 Å². The molecule has 1 aromatic carbocycles. The highest BCUT2D eigenvalue weighted by Crippen LogP contribution is 2.04. The van der Waals surface area contributed by atoms with Gasteiger partial charge in [-0.3, -0.25) is 0 Å². The van der Waals surface area contributed by atoms with Crippen LogP contribution >= 0.6 is 0 Å². The highest BCUT2D eigenvalue weighted by molar-refractivity contribution is 5.49. The third-order valence-electron chi connectivity index (χ3n) is 1.53. The molecular weight excluding hydrogens is 200 g/mol. The standard InChI is InChI=1S/C12H10O2.C2H6/c13-9-3-7-11-5-1-2-6-12(11)8-4-10-14;1-2/h1-2,5-6,13-14H,9-10H2;1-2H3. The highest BCUT2D eigenvalue weighted by Gasteiger charge is 1.93. The predicted molar refractivity (Wildman–Crippen MR) is 65.7 cm³/mol. The molecule has 2 nitrogen and oxygen atoms in total. The summed E-state index contributed by atoms with van der Waals surface area (Å²) in [5.74, 6) is 10.7. The normalized spacial score (nSPS) is 7.50. The van der Waals surface area contributed by atoms with Crippen LogP contribution in [0.15, 0.2) is 24.3 Å². The second kappa shape index (κ2) is 9.80. The lowest BCUT2D eigenvalue weighted by molar-refractivity contribution is 0.350. The Morgan fingerprint density at radius 2 is 1.25 bits per heavy atom. The first-order chi connectivity index (χ1) is 7.88. The number of aliphatic hydroxyl groups is 2. The maximum atomic E-state index is 8.54. The van der Waals surface area contributed by atoms with Gasteiger partial charge in [0.05, 0.1) is 0 Å². The van der Waals surface area contributed by atoms with E-state index in [2.05, 4.69) is 23.7 Å². The molecule has 0 aliphatic carbocycles. The molecule has 2 heteroatoms. The van der Waals surface area contributed by atoms with Gasteiger partial charge in [0, 0.05) is 11.1 Å². The van der Waals surface area contributed by atoms with E-state index >= 15 is 0 Å². The molecule has 0 aliphatic heterocycles.